The first-order valence-electron chi connectivity index (χ1n) is 8.44. The first kappa shape index (κ1) is 19.2. The fourth-order valence-corrected chi connectivity index (χ4v) is 4.34. The number of carbonyl (C=O) groups excluding carboxylic acids is 1. The number of piperidine rings is 1. The molecule has 2 fully saturated rings. The molecule has 3 rings (SSSR count). The predicted molar refractivity (Wildman–Crippen MR) is 89.2 cm³/mol. The number of fused-ring (bicyclic) bond motifs is 2. The Balaban J connectivity index is 1.74. The van der Waals surface area contributed by atoms with E-state index in [1.54, 1.807) is 30.3 Å². The van der Waals surface area contributed by atoms with Gasteiger partial charge in [0.1, 0.15) is 6.10 Å². The minimum atomic E-state index is -4.93. The molecule has 2 aliphatic rings. The van der Waals surface area contributed by atoms with Crippen LogP contribution in [0.4, 0.5) is 8.78 Å². The quantitative estimate of drug-likeness (QED) is 0.549. The van der Waals surface area contributed by atoms with Gasteiger partial charge in [-0.3, -0.25) is 9.08 Å². The lowest BCUT2D eigenvalue weighted by Crippen LogP contribution is -2.52. The summed E-state index contributed by atoms with van der Waals surface area (Å²) in [5.41, 5.74) is 0.388. The largest absolute Gasteiger partial charge is 0.458 e. The summed E-state index contributed by atoms with van der Waals surface area (Å²) in [7, 11) is -3.02. The van der Waals surface area contributed by atoms with Gasteiger partial charge in [-0.2, -0.15) is 17.2 Å². The molecule has 1 aromatic carbocycles. The highest BCUT2D eigenvalue weighted by Gasteiger charge is 2.48. The molecule has 2 saturated heterocycles. The standard InChI is InChI=1S/C17H21F2NO5S/c1-20-12-7-8-14(20)13(10-24-26(22,23)17(18)19)15(9-12)25-16(21)11-5-3-2-4-6-11/h2-6,12-15,17H,7-10H2,1H3/t12-,13?,14?,15+/m1/s1. The van der Waals surface area contributed by atoms with Crippen molar-refractivity contribution in [2.24, 2.45) is 5.92 Å². The van der Waals surface area contributed by atoms with Crippen molar-refractivity contribution in [3.63, 3.8) is 0 Å². The molecule has 0 saturated carbocycles. The molecule has 2 bridgehead atoms. The number of benzene rings is 1. The second-order valence-electron chi connectivity index (χ2n) is 6.71. The molecule has 0 N–H and O–H groups in total. The Bertz CT molecular complexity index is 743. The van der Waals surface area contributed by atoms with Crippen molar-refractivity contribution in [2.45, 2.75) is 43.2 Å². The van der Waals surface area contributed by atoms with E-state index in [0.29, 0.717) is 12.0 Å². The van der Waals surface area contributed by atoms with Crippen LogP contribution in [0.2, 0.25) is 0 Å². The van der Waals surface area contributed by atoms with E-state index in [1.807, 2.05) is 7.05 Å². The van der Waals surface area contributed by atoms with Gasteiger partial charge in [0.2, 0.25) is 0 Å². The number of hydrogen-bond donors (Lipinski definition) is 0. The van der Waals surface area contributed by atoms with Crippen molar-refractivity contribution in [1.29, 1.82) is 0 Å². The third kappa shape index (κ3) is 3.89. The summed E-state index contributed by atoms with van der Waals surface area (Å²) in [5.74, 6) is -4.59. The molecule has 2 aliphatic heterocycles. The van der Waals surface area contributed by atoms with Crippen LogP contribution in [-0.4, -0.2) is 56.9 Å². The second kappa shape index (κ2) is 7.58. The zero-order valence-corrected chi connectivity index (χ0v) is 15.1. The maximum atomic E-state index is 12.6. The van der Waals surface area contributed by atoms with Crippen LogP contribution in [0.1, 0.15) is 29.6 Å². The van der Waals surface area contributed by atoms with E-state index in [4.69, 9.17) is 4.74 Å². The number of hydrogen-bond acceptors (Lipinski definition) is 6. The van der Waals surface area contributed by atoms with Crippen LogP contribution in [0, 0.1) is 5.92 Å². The monoisotopic (exact) mass is 389 g/mol. The molecule has 4 atom stereocenters. The van der Waals surface area contributed by atoms with Crippen molar-refractivity contribution in [2.75, 3.05) is 13.7 Å². The topological polar surface area (TPSA) is 72.9 Å². The number of alkyl halides is 2. The van der Waals surface area contributed by atoms with Crippen molar-refractivity contribution >= 4 is 16.1 Å². The molecule has 2 heterocycles. The Kier molecular flexibility index (Phi) is 5.59. The number of rotatable bonds is 6. The highest BCUT2D eigenvalue weighted by atomic mass is 32.2. The maximum Gasteiger partial charge on any atom is 0.361 e. The summed E-state index contributed by atoms with van der Waals surface area (Å²) in [4.78, 5) is 14.5. The van der Waals surface area contributed by atoms with Crippen LogP contribution in [-0.2, 0) is 19.0 Å². The molecule has 2 unspecified atom stereocenters. The SMILES string of the molecule is CN1C2CC[C@@H]1C[C@H](OC(=O)c1ccccc1)C2COS(=O)(=O)C(F)F. The second-order valence-corrected chi connectivity index (χ2v) is 8.29. The van der Waals surface area contributed by atoms with Gasteiger partial charge in [-0.1, -0.05) is 18.2 Å². The molecular formula is C17H21F2NO5S. The summed E-state index contributed by atoms with van der Waals surface area (Å²) in [6.07, 6.45) is 1.61. The number of halogens is 2. The van der Waals surface area contributed by atoms with Gasteiger partial charge in [-0.15, -0.1) is 0 Å². The van der Waals surface area contributed by atoms with Gasteiger partial charge in [-0.05, 0) is 32.0 Å². The summed E-state index contributed by atoms with van der Waals surface area (Å²) >= 11 is 0. The molecule has 6 nitrogen and oxygen atoms in total. The van der Waals surface area contributed by atoms with Gasteiger partial charge >= 0.3 is 21.8 Å². The fourth-order valence-electron chi connectivity index (χ4n) is 3.89. The van der Waals surface area contributed by atoms with E-state index in [0.717, 1.165) is 12.8 Å². The highest BCUT2D eigenvalue weighted by molar-refractivity contribution is 7.87. The van der Waals surface area contributed by atoms with Crippen LogP contribution < -0.4 is 0 Å². The van der Waals surface area contributed by atoms with Crippen LogP contribution >= 0.6 is 0 Å². The van der Waals surface area contributed by atoms with E-state index >= 15 is 0 Å². The molecule has 0 aromatic heterocycles. The zero-order chi connectivity index (χ0) is 18.9. The number of ether oxygens (including phenoxy) is 1. The molecule has 1 aromatic rings. The van der Waals surface area contributed by atoms with Crippen LogP contribution in [0.15, 0.2) is 30.3 Å². The highest BCUT2D eigenvalue weighted by Crippen LogP contribution is 2.40. The fraction of sp³-hybridized carbons (Fsp3) is 0.588. The first-order valence-corrected chi connectivity index (χ1v) is 9.91. The summed E-state index contributed by atoms with van der Waals surface area (Å²) < 4.78 is 57.9. The molecule has 9 heteroatoms. The number of esters is 1. The summed E-state index contributed by atoms with van der Waals surface area (Å²) in [5, 5.41) is 0. The lowest BCUT2D eigenvalue weighted by molar-refractivity contribution is -0.0462. The Labute approximate surface area is 151 Å². The average Bonchev–Trinajstić information content (AvgIpc) is 2.86. The van der Waals surface area contributed by atoms with E-state index in [9.17, 15) is 22.0 Å². The maximum absolute atomic E-state index is 12.6. The molecule has 0 spiro atoms. The molecule has 0 radical (unpaired) electrons. The van der Waals surface area contributed by atoms with Gasteiger partial charge < -0.3 is 4.74 Å². The normalized spacial score (nSPS) is 29.1. The molecule has 144 valence electrons. The van der Waals surface area contributed by atoms with E-state index in [2.05, 4.69) is 9.08 Å². The van der Waals surface area contributed by atoms with Gasteiger partial charge in [-0.25, -0.2) is 4.79 Å². The third-order valence-corrected chi connectivity index (χ3v) is 6.18. The van der Waals surface area contributed by atoms with Crippen molar-refractivity contribution in [3.8, 4) is 0 Å². The Hall–Kier alpha value is -1.58. The van der Waals surface area contributed by atoms with Crippen molar-refractivity contribution in [1.82, 2.24) is 4.90 Å². The first-order chi connectivity index (χ1) is 12.3. The van der Waals surface area contributed by atoms with Crippen LogP contribution in [0.3, 0.4) is 0 Å². The van der Waals surface area contributed by atoms with Gasteiger partial charge in [0.05, 0.1) is 12.2 Å². The van der Waals surface area contributed by atoms with Gasteiger partial charge in [0, 0.05) is 24.4 Å². The van der Waals surface area contributed by atoms with Gasteiger partial charge in [0.25, 0.3) is 0 Å². The van der Waals surface area contributed by atoms with Crippen LogP contribution in [0.5, 0.6) is 0 Å². The Morgan fingerprint density at radius 2 is 1.96 bits per heavy atom. The zero-order valence-electron chi connectivity index (χ0n) is 14.3. The Morgan fingerprint density at radius 1 is 1.27 bits per heavy atom. The van der Waals surface area contributed by atoms with Crippen molar-refractivity contribution in [3.05, 3.63) is 35.9 Å². The molecule has 26 heavy (non-hydrogen) atoms. The number of carbonyl (C=O) groups is 1. The Morgan fingerprint density at radius 3 is 2.62 bits per heavy atom. The van der Waals surface area contributed by atoms with Crippen LogP contribution in [0.25, 0.3) is 0 Å². The summed E-state index contributed by atoms with van der Waals surface area (Å²) in [6, 6.07) is 8.59. The molecule has 0 aliphatic carbocycles. The summed E-state index contributed by atoms with van der Waals surface area (Å²) in [6.45, 7) is -0.429. The minimum absolute atomic E-state index is 0.0739. The lowest BCUT2D eigenvalue weighted by Gasteiger charge is -2.42. The minimum Gasteiger partial charge on any atom is -0.458 e. The lowest BCUT2D eigenvalue weighted by atomic mass is 9.88. The predicted octanol–water partition coefficient (Wildman–Crippen LogP) is 2.26. The van der Waals surface area contributed by atoms with E-state index in [-0.39, 0.29) is 12.1 Å². The smallest absolute Gasteiger partial charge is 0.361 e. The van der Waals surface area contributed by atoms with E-state index < -0.39 is 40.5 Å². The van der Waals surface area contributed by atoms with E-state index in [1.165, 1.54) is 0 Å². The molecule has 0 amide bonds. The third-order valence-electron chi connectivity index (χ3n) is 5.28. The average molecular weight is 389 g/mol. The van der Waals surface area contributed by atoms with Crippen molar-refractivity contribution < 1.29 is 30.9 Å². The molecular weight excluding hydrogens is 368 g/mol. The number of nitrogens with zero attached hydrogens (tertiary/aromatic N) is 1. The van der Waals surface area contributed by atoms with Gasteiger partial charge in [0.15, 0.2) is 0 Å².